The molecule has 4 aromatic carbocycles. The second-order valence-electron chi connectivity index (χ2n) is 37.5. The van der Waals surface area contributed by atoms with Crippen LogP contribution in [0.25, 0.3) is 0 Å². The van der Waals surface area contributed by atoms with Crippen LogP contribution in [0.3, 0.4) is 0 Å². The standard InChI is InChI=1S/2C41H69O5PSi3/c2*1-32-33(31-47(42,34-24-19-17-20-25-34)35-26-21-18-22-27-35)30-36(45-49(13,14)40(5,6)7)38(37(32)46-50(15,16)41(8,9)10)43-28-23-29-44-48(11,12)39(2,3)4/h2*17-22,24-27,31,36-38H,1,23,28-30H2,2-16H3/b2*33-31-/t2*36-,37+,38-/m10/s1. The van der Waals surface area contributed by atoms with Crippen molar-refractivity contribution < 1.29 is 45.2 Å². The van der Waals surface area contributed by atoms with Crippen molar-refractivity contribution in [3.8, 4) is 0 Å². The van der Waals surface area contributed by atoms with Gasteiger partial charge in [0.2, 0.25) is 0 Å². The van der Waals surface area contributed by atoms with Crippen molar-refractivity contribution in [3.63, 3.8) is 0 Å². The zero-order valence-corrected chi connectivity index (χ0v) is 76.0. The molecular weight excluding hydrogens is 1380 g/mol. The van der Waals surface area contributed by atoms with Crippen LogP contribution >= 0.6 is 14.3 Å². The van der Waals surface area contributed by atoms with Crippen LogP contribution in [-0.2, 0) is 45.2 Å². The molecule has 18 heteroatoms. The van der Waals surface area contributed by atoms with E-state index in [1.807, 2.05) is 133 Å². The summed E-state index contributed by atoms with van der Waals surface area (Å²) in [6.45, 7) is 80.2. The van der Waals surface area contributed by atoms with Crippen molar-refractivity contribution in [2.45, 2.75) is 296 Å². The van der Waals surface area contributed by atoms with E-state index in [1.54, 1.807) is 0 Å². The van der Waals surface area contributed by atoms with E-state index < -0.39 is 76.4 Å². The first-order valence-electron chi connectivity index (χ1n) is 36.9. The predicted octanol–water partition coefficient (Wildman–Crippen LogP) is 22.8. The van der Waals surface area contributed by atoms with Crippen molar-refractivity contribution >= 4 is 85.4 Å². The van der Waals surface area contributed by atoms with E-state index in [-0.39, 0.29) is 54.6 Å². The molecule has 0 amide bonds. The fraction of sp³-hybridized carbons (Fsp3) is 0.610. The first kappa shape index (κ1) is 87.9. The van der Waals surface area contributed by atoms with Crippen LogP contribution in [0.15, 0.2) is 168 Å². The van der Waals surface area contributed by atoms with E-state index in [2.05, 4.69) is 203 Å². The Labute approximate surface area is 617 Å². The van der Waals surface area contributed by atoms with Crippen LogP contribution < -0.4 is 21.2 Å². The fourth-order valence-electron chi connectivity index (χ4n) is 10.6. The van der Waals surface area contributed by atoms with E-state index in [0.29, 0.717) is 39.3 Å². The minimum Gasteiger partial charge on any atom is -0.417 e. The quantitative estimate of drug-likeness (QED) is 0.0343. The summed E-state index contributed by atoms with van der Waals surface area (Å²) in [5, 5.41) is 3.43. The maximum absolute atomic E-state index is 15.4. The second-order valence-corrected chi connectivity index (χ2v) is 71.3. The molecule has 0 unspecified atom stereocenters. The van der Waals surface area contributed by atoms with Crippen LogP contribution in [-0.4, -0.2) is 113 Å². The van der Waals surface area contributed by atoms with Crippen molar-refractivity contribution in [1.82, 2.24) is 0 Å². The van der Waals surface area contributed by atoms with Crippen molar-refractivity contribution in [2.24, 2.45) is 0 Å². The predicted molar refractivity (Wildman–Crippen MR) is 446 cm³/mol. The van der Waals surface area contributed by atoms with Crippen molar-refractivity contribution in [3.05, 3.63) is 168 Å². The molecule has 560 valence electrons. The van der Waals surface area contributed by atoms with Crippen LogP contribution in [0.5, 0.6) is 0 Å². The first-order chi connectivity index (χ1) is 45.5. The lowest BCUT2D eigenvalue weighted by Gasteiger charge is -2.49. The molecule has 4 aromatic rings. The van der Waals surface area contributed by atoms with E-state index in [1.165, 1.54) is 0 Å². The minimum absolute atomic E-state index is 0.00789. The van der Waals surface area contributed by atoms with E-state index in [4.69, 9.17) is 49.2 Å². The lowest BCUT2D eigenvalue weighted by molar-refractivity contribution is -0.0879. The highest BCUT2D eigenvalue weighted by Gasteiger charge is 2.53. The Morgan fingerprint density at radius 3 is 0.790 bits per heavy atom. The van der Waals surface area contributed by atoms with Gasteiger partial charge in [-0.25, -0.2) is 0 Å². The average Bonchev–Trinajstić information content (AvgIpc) is 0.759. The summed E-state index contributed by atoms with van der Waals surface area (Å²) in [6.07, 6.45) is 0.512. The zero-order valence-electron chi connectivity index (χ0n) is 68.2. The van der Waals surface area contributed by atoms with Gasteiger partial charge in [0, 0.05) is 60.5 Å². The van der Waals surface area contributed by atoms with Gasteiger partial charge in [0.15, 0.2) is 64.2 Å². The molecule has 0 N–H and O–H groups in total. The van der Waals surface area contributed by atoms with Gasteiger partial charge in [0.25, 0.3) is 0 Å². The molecule has 0 aromatic heterocycles. The zero-order chi connectivity index (χ0) is 76.0. The molecule has 0 aliphatic heterocycles. The Morgan fingerprint density at radius 1 is 0.350 bits per heavy atom. The largest absolute Gasteiger partial charge is 0.417 e. The normalized spacial score (nSPS) is 21.1. The molecule has 2 aliphatic rings. The van der Waals surface area contributed by atoms with Crippen molar-refractivity contribution in [1.29, 1.82) is 0 Å². The van der Waals surface area contributed by atoms with E-state index in [9.17, 15) is 0 Å². The summed E-state index contributed by atoms with van der Waals surface area (Å²) < 4.78 is 86.8. The topological polar surface area (TPSA) is 108 Å². The number of hydrogen-bond donors (Lipinski definition) is 0. The summed E-state index contributed by atoms with van der Waals surface area (Å²) in [5.41, 5.74) is 3.57. The molecular formula is C82H138O10P2Si6. The van der Waals surface area contributed by atoms with Gasteiger partial charge < -0.3 is 45.2 Å². The van der Waals surface area contributed by atoms with Crippen molar-refractivity contribution in [2.75, 3.05) is 26.4 Å². The van der Waals surface area contributed by atoms with E-state index in [0.717, 1.165) is 56.4 Å². The number of rotatable bonds is 26. The number of hydrogen-bond acceptors (Lipinski definition) is 10. The van der Waals surface area contributed by atoms with E-state index >= 15 is 9.13 Å². The molecule has 0 bridgehead atoms. The van der Waals surface area contributed by atoms with Gasteiger partial charge in [-0.2, -0.15) is 0 Å². The highest BCUT2D eigenvalue weighted by atomic mass is 31.2. The molecule has 2 aliphatic carbocycles. The first-order valence-corrected chi connectivity index (χ1v) is 57.9. The third-order valence-corrected chi connectivity index (χ3v) is 56.2. The van der Waals surface area contributed by atoms with Gasteiger partial charge in [-0.15, -0.1) is 0 Å². The molecule has 6 rings (SSSR count). The molecule has 0 spiro atoms. The Kier molecular flexibility index (Phi) is 29.5. The highest BCUT2D eigenvalue weighted by Crippen LogP contribution is 2.54. The second kappa shape index (κ2) is 33.6. The maximum Gasteiger partial charge on any atom is 0.193 e. The summed E-state index contributed by atoms with van der Waals surface area (Å²) >= 11 is 0. The van der Waals surface area contributed by atoms with Gasteiger partial charge in [-0.1, -0.05) is 259 Å². The highest BCUT2D eigenvalue weighted by molar-refractivity contribution is 7.81. The third kappa shape index (κ3) is 22.2. The molecule has 2 saturated carbocycles. The van der Waals surface area contributed by atoms with Gasteiger partial charge in [0.1, 0.15) is 12.2 Å². The molecule has 10 nitrogen and oxygen atoms in total. The smallest absolute Gasteiger partial charge is 0.193 e. The summed E-state index contributed by atoms with van der Waals surface area (Å²) in [5.74, 6) is 4.01. The summed E-state index contributed by atoms with van der Waals surface area (Å²) in [7, 11) is -19.3. The SMILES string of the molecule is C=C1/C(=C\P(=O)(c2ccccc2)c2ccccc2)C[C@@H](O[Si](C)(C)C(C)(C)C)[C@@H](OCCCO[Si](C)(C)C(C)(C)C)[C@H]1O[Si](C)(C)C(C)(C)C.C=C1/C(=C\P(=O)(c2ccccc2)c2ccccc2)C[C@H](O[Si](C)(C)C(C)(C)C)[C@H](OCCCO[Si](C)(C)C(C)(C)C)[C@@H]1O[Si](C)(C)C(C)(C)C. The van der Waals surface area contributed by atoms with Gasteiger partial charge >= 0.3 is 0 Å². The Hall–Kier alpha value is -2.72. The van der Waals surface area contributed by atoms with Gasteiger partial charge in [-0.05, 0) is 156 Å². The summed E-state index contributed by atoms with van der Waals surface area (Å²) in [4.78, 5) is 0. The Morgan fingerprint density at radius 2 is 0.570 bits per heavy atom. The number of ether oxygens (including phenoxy) is 2. The molecule has 0 saturated heterocycles. The monoisotopic (exact) mass is 1510 g/mol. The molecule has 6 atom stereocenters. The Bertz CT molecular complexity index is 3140. The third-order valence-electron chi connectivity index (χ3n) is 23.6. The van der Waals surface area contributed by atoms with Crippen LogP contribution in [0, 0.1) is 0 Å². The molecule has 100 heavy (non-hydrogen) atoms. The average molecular weight is 1510 g/mol. The molecule has 2 fully saturated rings. The minimum atomic E-state index is -3.19. The van der Waals surface area contributed by atoms with Gasteiger partial charge in [-0.3, -0.25) is 0 Å². The maximum atomic E-state index is 15.4. The fourth-order valence-corrected chi connectivity index (χ4v) is 23.0. The molecule has 0 heterocycles. The number of benzene rings is 4. The van der Waals surface area contributed by atoms with Crippen LogP contribution in [0.1, 0.15) is 150 Å². The lowest BCUT2D eigenvalue weighted by Crippen LogP contribution is -2.57. The summed E-state index contributed by atoms with van der Waals surface area (Å²) in [6, 6.07) is 39.4. The van der Waals surface area contributed by atoms with Crippen LogP contribution in [0.2, 0.25) is 109 Å². The molecule has 0 radical (unpaired) electrons. The van der Waals surface area contributed by atoms with Crippen LogP contribution in [0.4, 0.5) is 0 Å². The lowest BCUT2D eigenvalue weighted by atomic mass is 9.85. The Balaban J connectivity index is 0.000000361. The van der Waals surface area contributed by atoms with Gasteiger partial charge in [0.05, 0.1) is 24.4 Å².